The smallest absolute Gasteiger partial charge is 0.241 e. The lowest BCUT2D eigenvalue weighted by atomic mass is 9.89. The number of nitrogens with one attached hydrogen (secondary N) is 2. The van der Waals surface area contributed by atoms with E-state index >= 15 is 0 Å². The number of unbranched alkanes of at least 4 members (excludes halogenated alkanes) is 1. The van der Waals surface area contributed by atoms with Gasteiger partial charge in [-0.25, -0.2) is 4.98 Å². The Morgan fingerprint density at radius 3 is 2.54 bits per heavy atom. The van der Waals surface area contributed by atoms with Gasteiger partial charge in [0, 0.05) is 29.1 Å². The number of fused-ring (bicyclic) bond motifs is 1. The number of aromatic nitrogens is 2. The van der Waals surface area contributed by atoms with Crippen LogP contribution in [0.1, 0.15) is 36.1 Å². The predicted octanol–water partition coefficient (Wildman–Crippen LogP) is 5.70. The number of aryl methyl sites for hydroxylation is 1. The zero-order chi connectivity index (χ0) is 25.9. The summed E-state index contributed by atoms with van der Waals surface area (Å²) in [5, 5.41) is 8.35. The molecule has 0 aliphatic heterocycles. The highest BCUT2D eigenvalue weighted by Crippen LogP contribution is 2.24. The van der Waals surface area contributed by atoms with Gasteiger partial charge >= 0.3 is 0 Å². The molecule has 188 valence electrons. The summed E-state index contributed by atoms with van der Waals surface area (Å²) in [7, 11) is 0. The summed E-state index contributed by atoms with van der Waals surface area (Å²) in [6, 6.07) is 23.6. The zero-order valence-electron chi connectivity index (χ0n) is 20.6. The summed E-state index contributed by atoms with van der Waals surface area (Å²) in [6.45, 7) is 0. The maximum absolute atomic E-state index is 13.6. The van der Waals surface area contributed by atoms with Crippen molar-refractivity contribution in [2.45, 2.75) is 44.6 Å². The third kappa shape index (κ3) is 7.29. The first-order chi connectivity index (χ1) is 18.1. The van der Waals surface area contributed by atoms with Gasteiger partial charge in [-0.15, -0.1) is 0 Å². The SMILES string of the molecule is [N-]=[N+]=NC(=O)[C@H](Cc1cnc[nH]1)NC(=O)C(CCCCc1ccccc1)Cc1cccc2ccccc12. The fourth-order valence-corrected chi connectivity index (χ4v) is 4.65. The number of benzene rings is 3. The summed E-state index contributed by atoms with van der Waals surface area (Å²) >= 11 is 0. The maximum atomic E-state index is 13.6. The molecule has 0 radical (unpaired) electrons. The molecule has 3 aromatic carbocycles. The second kappa shape index (κ2) is 13.0. The normalized spacial score (nSPS) is 12.4. The number of azide groups is 1. The number of rotatable bonds is 12. The van der Waals surface area contributed by atoms with E-state index in [9.17, 15) is 9.59 Å². The van der Waals surface area contributed by atoms with Crippen LogP contribution in [0.4, 0.5) is 0 Å². The molecule has 1 heterocycles. The highest BCUT2D eigenvalue weighted by molar-refractivity contribution is 5.90. The predicted molar refractivity (Wildman–Crippen MR) is 144 cm³/mol. The Hall–Kier alpha value is -4.42. The molecule has 4 aromatic rings. The van der Waals surface area contributed by atoms with E-state index in [0.29, 0.717) is 18.5 Å². The molecule has 0 saturated heterocycles. The van der Waals surface area contributed by atoms with Gasteiger partial charge < -0.3 is 10.3 Å². The number of imidazole rings is 1. The first-order valence-corrected chi connectivity index (χ1v) is 12.5. The Morgan fingerprint density at radius 1 is 0.973 bits per heavy atom. The van der Waals surface area contributed by atoms with Crippen LogP contribution in [-0.2, 0) is 28.9 Å². The maximum Gasteiger partial charge on any atom is 0.241 e. The monoisotopic (exact) mass is 494 g/mol. The van der Waals surface area contributed by atoms with Crippen LogP contribution < -0.4 is 5.32 Å². The number of amides is 2. The Kier molecular flexibility index (Phi) is 9.05. The lowest BCUT2D eigenvalue weighted by Gasteiger charge is -2.22. The molecule has 8 nitrogen and oxygen atoms in total. The third-order valence-electron chi connectivity index (χ3n) is 6.56. The van der Waals surface area contributed by atoms with Crippen molar-refractivity contribution in [1.82, 2.24) is 15.3 Å². The van der Waals surface area contributed by atoms with Crippen molar-refractivity contribution in [2.75, 3.05) is 0 Å². The molecule has 2 atom stereocenters. The number of carbonyl (C=O) groups is 2. The van der Waals surface area contributed by atoms with E-state index in [-0.39, 0.29) is 18.2 Å². The van der Waals surface area contributed by atoms with Crippen molar-refractivity contribution in [3.8, 4) is 0 Å². The van der Waals surface area contributed by atoms with Crippen LogP contribution in [0, 0.1) is 5.92 Å². The number of aromatic amines is 1. The van der Waals surface area contributed by atoms with Gasteiger partial charge in [0.2, 0.25) is 11.8 Å². The minimum Gasteiger partial charge on any atom is -0.348 e. The topological polar surface area (TPSA) is 124 Å². The molecule has 37 heavy (non-hydrogen) atoms. The van der Waals surface area contributed by atoms with Gasteiger partial charge in [0.25, 0.3) is 0 Å². The molecule has 0 aliphatic carbocycles. The van der Waals surface area contributed by atoms with Crippen LogP contribution in [0.3, 0.4) is 0 Å². The van der Waals surface area contributed by atoms with Crippen molar-refractivity contribution in [3.05, 3.63) is 113 Å². The average Bonchev–Trinajstić information content (AvgIpc) is 3.44. The van der Waals surface area contributed by atoms with Crippen LogP contribution in [0.25, 0.3) is 21.2 Å². The molecular weight excluding hydrogens is 464 g/mol. The summed E-state index contributed by atoms with van der Waals surface area (Å²) in [6.07, 6.45) is 7.24. The van der Waals surface area contributed by atoms with Crippen molar-refractivity contribution < 1.29 is 9.59 Å². The molecule has 8 heteroatoms. The molecule has 2 amide bonds. The van der Waals surface area contributed by atoms with Gasteiger partial charge in [-0.2, -0.15) is 0 Å². The van der Waals surface area contributed by atoms with E-state index in [2.05, 4.69) is 61.7 Å². The summed E-state index contributed by atoms with van der Waals surface area (Å²) in [5.41, 5.74) is 11.8. The van der Waals surface area contributed by atoms with E-state index in [1.807, 2.05) is 36.4 Å². The van der Waals surface area contributed by atoms with Gasteiger partial charge in [-0.3, -0.25) is 9.59 Å². The Morgan fingerprint density at radius 2 is 1.76 bits per heavy atom. The fraction of sp³-hybridized carbons (Fsp3) is 0.276. The second-order valence-electron chi connectivity index (χ2n) is 9.14. The number of carbonyl (C=O) groups excluding carboxylic acids is 2. The minimum absolute atomic E-state index is 0.165. The lowest BCUT2D eigenvalue weighted by Crippen LogP contribution is -2.45. The first-order valence-electron chi connectivity index (χ1n) is 12.5. The van der Waals surface area contributed by atoms with E-state index in [1.54, 1.807) is 6.20 Å². The zero-order valence-corrected chi connectivity index (χ0v) is 20.6. The number of nitrogens with zero attached hydrogens (tertiary/aromatic N) is 4. The molecule has 0 saturated carbocycles. The molecule has 0 fully saturated rings. The highest BCUT2D eigenvalue weighted by atomic mass is 16.2. The highest BCUT2D eigenvalue weighted by Gasteiger charge is 2.26. The standard InChI is InChI=1S/C29H30N6O2/c30-35-34-29(37)27(18-25-19-31-20-32-25)33-28(36)24(13-5-4-11-21-9-2-1-3-10-21)17-23-15-8-14-22-12-6-7-16-26(22)23/h1-3,6-10,12,14-16,19-20,24,27H,4-5,11,13,17-18H2,(H,31,32)(H,33,36)/t24?,27-/m0/s1. The Bertz CT molecular complexity index is 1360. The van der Waals surface area contributed by atoms with Crippen LogP contribution >= 0.6 is 0 Å². The van der Waals surface area contributed by atoms with E-state index in [1.165, 1.54) is 11.9 Å². The van der Waals surface area contributed by atoms with Crippen molar-refractivity contribution in [1.29, 1.82) is 0 Å². The molecule has 0 bridgehead atoms. The quantitative estimate of drug-likeness (QED) is 0.114. The summed E-state index contributed by atoms with van der Waals surface area (Å²) in [4.78, 5) is 35.6. The number of hydrogen-bond acceptors (Lipinski definition) is 3. The Balaban J connectivity index is 1.51. The first kappa shape index (κ1) is 25.7. The molecule has 0 aliphatic rings. The van der Waals surface area contributed by atoms with E-state index in [0.717, 1.165) is 35.6 Å². The van der Waals surface area contributed by atoms with Gasteiger partial charge in [-0.1, -0.05) is 79.2 Å². The molecule has 4 rings (SSSR count). The van der Waals surface area contributed by atoms with Crippen LogP contribution in [0.5, 0.6) is 0 Å². The molecule has 0 spiro atoms. The largest absolute Gasteiger partial charge is 0.348 e. The van der Waals surface area contributed by atoms with Crippen molar-refractivity contribution in [2.24, 2.45) is 11.0 Å². The number of H-pyrrole nitrogens is 1. The molecule has 1 unspecified atom stereocenters. The van der Waals surface area contributed by atoms with Crippen molar-refractivity contribution in [3.63, 3.8) is 0 Å². The third-order valence-corrected chi connectivity index (χ3v) is 6.56. The average molecular weight is 495 g/mol. The van der Waals surface area contributed by atoms with Gasteiger partial charge in [0.1, 0.15) is 0 Å². The van der Waals surface area contributed by atoms with E-state index < -0.39 is 11.9 Å². The van der Waals surface area contributed by atoms with E-state index in [4.69, 9.17) is 5.53 Å². The molecule has 2 N–H and O–H groups in total. The summed E-state index contributed by atoms with van der Waals surface area (Å²) in [5.74, 6) is -1.29. The molecule has 1 aromatic heterocycles. The summed E-state index contributed by atoms with van der Waals surface area (Å²) < 4.78 is 0. The minimum atomic E-state index is -0.969. The lowest BCUT2D eigenvalue weighted by molar-refractivity contribution is -0.130. The second-order valence-corrected chi connectivity index (χ2v) is 9.14. The van der Waals surface area contributed by atoms with Crippen LogP contribution in [0.15, 0.2) is 90.4 Å². The fourth-order valence-electron chi connectivity index (χ4n) is 4.65. The van der Waals surface area contributed by atoms with Crippen LogP contribution in [0.2, 0.25) is 0 Å². The number of hydrogen-bond donors (Lipinski definition) is 2. The Labute approximate surface area is 215 Å². The van der Waals surface area contributed by atoms with Crippen LogP contribution in [-0.4, -0.2) is 27.8 Å². The van der Waals surface area contributed by atoms with Gasteiger partial charge in [-0.05, 0) is 58.2 Å². The van der Waals surface area contributed by atoms with Crippen molar-refractivity contribution >= 4 is 22.6 Å². The molecular formula is C29H30N6O2. The van der Waals surface area contributed by atoms with Gasteiger partial charge in [0.15, 0.2) is 0 Å². The van der Waals surface area contributed by atoms with Gasteiger partial charge in [0.05, 0.1) is 12.4 Å².